The summed E-state index contributed by atoms with van der Waals surface area (Å²) in [6, 6.07) is 3.85. The smallest absolute Gasteiger partial charge is 0.134 e. The molecule has 0 saturated carbocycles. The SMILES string of the molecule is C[C@H](O)c1cccnc1N1CCN(C(C)(C)C)CC1. The van der Waals surface area contributed by atoms with Crippen molar-refractivity contribution in [3.8, 4) is 0 Å². The van der Waals surface area contributed by atoms with Crippen molar-refractivity contribution in [2.75, 3.05) is 31.1 Å². The third-order valence-corrected chi connectivity index (χ3v) is 3.79. The molecule has 4 heteroatoms. The van der Waals surface area contributed by atoms with Crippen LogP contribution in [0.3, 0.4) is 0 Å². The number of piperazine rings is 1. The maximum atomic E-state index is 9.84. The Kier molecular flexibility index (Phi) is 4.11. The first kappa shape index (κ1) is 14.3. The molecular weight excluding hydrogens is 238 g/mol. The van der Waals surface area contributed by atoms with E-state index in [-0.39, 0.29) is 5.54 Å². The summed E-state index contributed by atoms with van der Waals surface area (Å²) >= 11 is 0. The zero-order valence-electron chi connectivity index (χ0n) is 12.4. The zero-order valence-corrected chi connectivity index (χ0v) is 12.4. The Hall–Kier alpha value is -1.13. The van der Waals surface area contributed by atoms with E-state index >= 15 is 0 Å². The van der Waals surface area contributed by atoms with Crippen molar-refractivity contribution in [1.29, 1.82) is 0 Å². The number of hydrogen-bond acceptors (Lipinski definition) is 4. The van der Waals surface area contributed by atoms with Gasteiger partial charge < -0.3 is 10.0 Å². The van der Waals surface area contributed by atoms with E-state index in [0.717, 1.165) is 37.6 Å². The number of aliphatic hydroxyl groups is 1. The zero-order chi connectivity index (χ0) is 14.0. The predicted molar refractivity (Wildman–Crippen MR) is 78.4 cm³/mol. The Labute approximate surface area is 116 Å². The van der Waals surface area contributed by atoms with Crippen molar-refractivity contribution in [1.82, 2.24) is 9.88 Å². The van der Waals surface area contributed by atoms with E-state index in [1.807, 2.05) is 12.1 Å². The summed E-state index contributed by atoms with van der Waals surface area (Å²) in [6.45, 7) is 12.6. The average molecular weight is 263 g/mol. The van der Waals surface area contributed by atoms with Gasteiger partial charge in [0.25, 0.3) is 0 Å². The fraction of sp³-hybridized carbons (Fsp3) is 0.667. The lowest BCUT2D eigenvalue weighted by Gasteiger charge is -2.43. The molecule has 0 unspecified atom stereocenters. The molecule has 1 saturated heterocycles. The highest BCUT2D eigenvalue weighted by Gasteiger charge is 2.27. The van der Waals surface area contributed by atoms with E-state index in [1.165, 1.54) is 0 Å². The van der Waals surface area contributed by atoms with Gasteiger partial charge in [0.05, 0.1) is 6.10 Å². The number of aromatic nitrogens is 1. The minimum absolute atomic E-state index is 0.226. The lowest BCUT2D eigenvalue weighted by atomic mass is 10.0. The highest BCUT2D eigenvalue weighted by atomic mass is 16.3. The standard InChI is InChI=1S/C15H25N3O/c1-12(19)13-6-5-7-16-14(13)17-8-10-18(11-9-17)15(2,3)4/h5-7,12,19H,8-11H2,1-4H3/t12-/m0/s1. The number of anilines is 1. The maximum absolute atomic E-state index is 9.84. The first-order valence-corrected chi connectivity index (χ1v) is 7.02. The summed E-state index contributed by atoms with van der Waals surface area (Å²) in [7, 11) is 0. The molecule has 1 atom stereocenters. The Balaban J connectivity index is 2.10. The molecule has 1 fully saturated rings. The second-order valence-corrected chi connectivity index (χ2v) is 6.24. The fourth-order valence-corrected chi connectivity index (χ4v) is 2.59. The van der Waals surface area contributed by atoms with Gasteiger partial charge in [-0.15, -0.1) is 0 Å². The van der Waals surface area contributed by atoms with Crippen LogP contribution in [0.15, 0.2) is 18.3 Å². The van der Waals surface area contributed by atoms with Crippen LogP contribution in [0.2, 0.25) is 0 Å². The Morgan fingerprint density at radius 3 is 2.37 bits per heavy atom. The lowest BCUT2D eigenvalue weighted by molar-refractivity contribution is 0.128. The topological polar surface area (TPSA) is 39.6 Å². The van der Waals surface area contributed by atoms with Gasteiger partial charge in [-0.2, -0.15) is 0 Å². The van der Waals surface area contributed by atoms with Gasteiger partial charge in [0.1, 0.15) is 5.82 Å². The van der Waals surface area contributed by atoms with Crippen LogP contribution in [-0.2, 0) is 0 Å². The van der Waals surface area contributed by atoms with Crippen LogP contribution in [0.1, 0.15) is 39.4 Å². The molecule has 0 aromatic carbocycles. The number of aliphatic hydroxyl groups excluding tert-OH is 1. The molecule has 0 aliphatic carbocycles. The fourth-order valence-electron chi connectivity index (χ4n) is 2.59. The van der Waals surface area contributed by atoms with E-state index in [9.17, 15) is 5.11 Å². The van der Waals surface area contributed by atoms with Crippen molar-refractivity contribution in [2.45, 2.75) is 39.3 Å². The van der Waals surface area contributed by atoms with Gasteiger partial charge in [0.15, 0.2) is 0 Å². The van der Waals surface area contributed by atoms with Gasteiger partial charge in [-0.25, -0.2) is 4.98 Å². The quantitative estimate of drug-likeness (QED) is 0.886. The van der Waals surface area contributed by atoms with Crippen LogP contribution in [-0.4, -0.2) is 46.7 Å². The Morgan fingerprint density at radius 2 is 1.84 bits per heavy atom. The van der Waals surface area contributed by atoms with Gasteiger partial charge in [-0.1, -0.05) is 6.07 Å². The molecule has 0 amide bonds. The summed E-state index contributed by atoms with van der Waals surface area (Å²) in [4.78, 5) is 9.23. The summed E-state index contributed by atoms with van der Waals surface area (Å²) < 4.78 is 0. The number of hydrogen-bond donors (Lipinski definition) is 1. The van der Waals surface area contributed by atoms with Crippen LogP contribution in [0.25, 0.3) is 0 Å². The highest BCUT2D eigenvalue weighted by Crippen LogP contribution is 2.25. The van der Waals surface area contributed by atoms with Crippen LogP contribution in [0.4, 0.5) is 5.82 Å². The highest BCUT2D eigenvalue weighted by molar-refractivity contribution is 5.48. The molecule has 1 N–H and O–H groups in total. The van der Waals surface area contributed by atoms with Crippen molar-refractivity contribution in [3.05, 3.63) is 23.9 Å². The largest absolute Gasteiger partial charge is 0.389 e. The van der Waals surface area contributed by atoms with E-state index < -0.39 is 6.10 Å². The van der Waals surface area contributed by atoms with Crippen molar-refractivity contribution < 1.29 is 5.11 Å². The third kappa shape index (κ3) is 3.25. The number of rotatable bonds is 2. The number of pyridine rings is 1. The molecule has 106 valence electrons. The molecular formula is C15H25N3O. The van der Waals surface area contributed by atoms with Crippen molar-refractivity contribution in [3.63, 3.8) is 0 Å². The maximum Gasteiger partial charge on any atom is 0.134 e. The molecule has 4 nitrogen and oxygen atoms in total. The second kappa shape index (κ2) is 5.47. The van der Waals surface area contributed by atoms with E-state index in [1.54, 1.807) is 13.1 Å². The van der Waals surface area contributed by atoms with Crippen molar-refractivity contribution >= 4 is 5.82 Å². The van der Waals surface area contributed by atoms with E-state index in [2.05, 4.69) is 35.6 Å². The van der Waals surface area contributed by atoms with Gasteiger partial charge in [0, 0.05) is 43.5 Å². The Morgan fingerprint density at radius 1 is 1.21 bits per heavy atom. The monoisotopic (exact) mass is 263 g/mol. The summed E-state index contributed by atoms with van der Waals surface area (Å²) in [5.74, 6) is 0.936. The van der Waals surface area contributed by atoms with E-state index in [0.29, 0.717) is 0 Å². The molecule has 1 aromatic rings. The molecule has 0 bridgehead atoms. The molecule has 19 heavy (non-hydrogen) atoms. The molecule has 2 heterocycles. The predicted octanol–water partition coefficient (Wildman–Crippen LogP) is 2.06. The summed E-state index contributed by atoms with van der Waals surface area (Å²) in [5, 5.41) is 9.84. The first-order chi connectivity index (χ1) is 8.89. The Bertz CT molecular complexity index is 418. The first-order valence-electron chi connectivity index (χ1n) is 7.02. The average Bonchev–Trinajstić information content (AvgIpc) is 2.38. The van der Waals surface area contributed by atoms with Crippen LogP contribution in [0.5, 0.6) is 0 Å². The summed E-state index contributed by atoms with van der Waals surface area (Å²) in [6.07, 6.45) is 1.33. The van der Waals surface area contributed by atoms with Gasteiger partial charge in [0.2, 0.25) is 0 Å². The van der Waals surface area contributed by atoms with Crippen LogP contribution >= 0.6 is 0 Å². The van der Waals surface area contributed by atoms with Crippen molar-refractivity contribution in [2.24, 2.45) is 0 Å². The van der Waals surface area contributed by atoms with Crippen LogP contribution < -0.4 is 4.90 Å². The molecule has 0 radical (unpaired) electrons. The van der Waals surface area contributed by atoms with Gasteiger partial charge >= 0.3 is 0 Å². The molecule has 1 aliphatic rings. The second-order valence-electron chi connectivity index (χ2n) is 6.24. The number of nitrogens with zero attached hydrogens (tertiary/aromatic N) is 3. The molecule has 1 aliphatic heterocycles. The molecule has 1 aromatic heterocycles. The van der Waals surface area contributed by atoms with E-state index in [4.69, 9.17) is 0 Å². The lowest BCUT2D eigenvalue weighted by Crippen LogP contribution is -2.53. The third-order valence-electron chi connectivity index (χ3n) is 3.79. The van der Waals surface area contributed by atoms with Gasteiger partial charge in [-0.3, -0.25) is 4.90 Å². The summed E-state index contributed by atoms with van der Waals surface area (Å²) in [5.41, 5.74) is 1.15. The van der Waals surface area contributed by atoms with Gasteiger partial charge in [-0.05, 0) is 33.8 Å². The minimum Gasteiger partial charge on any atom is -0.389 e. The normalized spacial score (nSPS) is 19.5. The minimum atomic E-state index is -0.468. The molecule has 2 rings (SSSR count). The van der Waals surface area contributed by atoms with Crippen LogP contribution in [0, 0.1) is 0 Å². The molecule has 0 spiro atoms.